The number of hydrogen-bond donors (Lipinski definition) is 1. The Morgan fingerprint density at radius 1 is 0.971 bits per heavy atom. The van der Waals surface area contributed by atoms with Crippen LogP contribution in [-0.4, -0.2) is 64.9 Å². The number of aromatic nitrogens is 1. The summed E-state index contributed by atoms with van der Waals surface area (Å²) in [6, 6.07) is 16.8. The first-order valence-electron chi connectivity index (χ1n) is 11.6. The Labute approximate surface area is 216 Å². The fourth-order valence-corrected chi connectivity index (χ4v) is 6.91. The number of likely N-dealkylation sites (tertiary alicyclic amines) is 2. The van der Waals surface area contributed by atoms with E-state index in [1.54, 1.807) is 6.20 Å². The first kappa shape index (κ1) is 22.7. The number of carbonyl (C=O) groups is 2. The molecule has 0 radical (unpaired) electrons. The van der Waals surface area contributed by atoms with E-state index in [4.69, 9.17) is 11.6 Å². The van der Waals surface area contributed by atoms with E-state index in [0.717, 1.165) is 34.2 Å². The lowest BCUT2D eigenvalue weighted by atomic mass is 10.0. The van der Waals surface area contributed by atoms with Crippen LogP contribution < -0.4 is 5.32 Å². The Morgan fingerprint density at radius 3 is 2.54 bits per heavy atom. The van der Waals surface area contributed by atoms with Gasteiger partial charge >= 0.3 is 0 Å². The Hall–Kier alpha value is -2.78. The van der Waals surface area contributed by atoms with Crippen LogP contribution in [0.25, 0.3) is 21.2 Å². The van der Waals surface area contributed by atoms with Gasteiger partial charge in [-0.1, -0.05) is 54.1 Å². The molecule has 35 heavy (non-hydrogen) atoms. The van der Waals surface area contributed by atoms with Gasteiger partial charge in [0, 0.05) is 59.9 Å². The maximum absolute atomic E-state index is 13.2. The summed E-state index contributed by atoms with van der Waals surface area (Å²) in [5, 5.41) is 7.44. The summed E-state index contributed by atoms with van der Waals surface area (Å²) >= 11 is 9.48. The number of amides is 2. The number of thiazole rings is 1. The summed E-state index contributed by atoms with van der Waals surface area (Å²) in [6.07, 6.45) is 2.57. The molecule has 1 N–H and O–H groups in total. The highest BCUT2D eigenvalue weighted by molar-refractivity contribution is 7.21. The first-order valence-corrected chi connectivity index (χ1v) is 13.7. The van der Waals surface area contributed by atoms with Gasteiger partial charge < -0.3 is 15.1 Å². The molecular formula is C26H23ClN4O2S2. The molecule has 0 unspecified atom stereocenters. The van der Waals surface area contributed by atoms with Gasteiger partial charge in [0.25, 0.3) is 11.8 Å². The van der Waals surface area contributed by atoms with Crippen LogP contribution in [0.4, 0.5) is 0 Å². The smallest absolute Gasteiger partial charge is 0.282 e. The number of benzene rings is 2. The number of rotatable bonds is 5. The summed E-state index contributed by atoms with van der Waals surface area (Å²) < 4.78 is 1.02. The number of hydrogen-bond acceptors (Lipinski definition) is 6. The maximum Gasteiger partial charge on any atom is 0.282 e. The normalized spacial score (nSPS) is 18.3. The van der Waals surface area contributed by atoms with Gasteiger partial charge in [-0.05, 0) is 23.6 Å². The van der Waals surface area contributed by atoms with E-state index in [1.807, 2.05) is 39.4 Å². The Morgan fingerprint density at radius 2 is 1.77 bits per heavy atom. The monoisotopic (exact) mass is 522 g/mol. The molecule has 1 atom stereocenters. The highest BCUT2D eigenvalue weighted by Gasteiger charge is 2.36. The standard InChI is InChI=1S/C26H23ClN4O2S2/c27-22-20-7-6-17(16-4-2-1-3-5-16)12-21(20)35-23(22)25(32)31-14-19(15-31)29-18-8-10-30(13-18)26(33)24-28-9-11-34-24/h1-7,9,11-12,18-19,29H,8,10,13-15H2/t18-/m0/s1. The van der Waals surface area contributed by atoms with Crippen molar-refractivity contribution in [3.63, 3.8) is 0 Å². The minimum absolute atomic E-state index is 0.00420. The van der Waals surface area contributed by atoms with Crippen LogP contribution in [0.5, 0.6) is 0 Å². The van der Waals surface area contributed by atoms with Crippen molar-refractivity contribution >= 4 is 56.2 Å². The highest BCUT2D eigenvalue weighted by Crippen LogP contribution is 2.38. The number of halogens is 1. The lowest BCUT2D eigenvalue weighted by molar-refractivity contribution is 0.0558. The fourth-order valence-electron chi connectivity index (χ4n) is 4.78. The van der Waals surface area contributed by atoms with Gasteiger partial charge in [0.2, 0.25) is 0 Å². The van der Waals surface area contributed by atoms with Crippen molar-refractivity contribution in [1.29, 1.82) is 0 Å². The van der Waals surface area contributed by atoms with Gasteiger partial charge in [-0.3, -0.25) is 9.59 Å². The molecule has 0 bridgehead atoms. The summed E-state index contributed by atoms with van der Waals surface area (Å²) in [4.78, 5) is 34.1. The van der Waals surface area contributed by atoms with Crippen LogP contribution in [0.1, 0.15) is 25.9 Å². The molecule has 0 spiro atoms. The largest absolute Gasteiger partial charge is 0.335 e. The van der Waals surface area contributed by atoms with Crippen LogP contribution in [0.2, 0.25) is 5.02 Å². The molecule has 2 amide bonds. The van der Waals surface area contributed by atoms with Crippen LogP contribution in [0.3, 0.4) is 0 Å². The lowest BCUT2D eigenvalue weighted by Gasteiger charge is -2.41. The van der Waals surface area contributed by atoms with E-state index in [2.05, 4.69) is 34.6 Å². The van der Waals surface area contributed by atoms with E-state index in [9.17, 15) is 9.59 Å². The minimum Gasteiger partial charge on any atom is -0.335 e. The predicted molar refractivity (Wildman–Crippen MR) is 142 cm³/mol. The third kappa shape index (κ3) is 4.36. The van der Waals surface area contributed by atoms with Crippen molar-refractivity contribution in [3.05, 3.63) is 75.0 Å². The van der Waals surface area contributed by atoms with Crippen molar-refractivity contribution in [2.24, 2.45) is 0 Å². The van der Waals surface area contributed by atoms with Crippen LogP contribution in [0.15, 0.2) is 60.1 Å². The molecule has 178 valence electrons. The van der Waals surface area contributed by atoms with Gasteiger partial charge in [-0.2, -0.15) is 0 Å². The van der Waals surface area contributed by atoms with E-state index >= 15 is 0 Å². The Bertz CT molecular complexity index is 1380. The quantitative estimate of drug-likeness (QED) is 0.400. The van der Waals surface area contributed by atoms with Crippen molar-refractivity contribution in [3.8, 4) is 11.1 Å². The second kappa shape index (κ2) is 9.35. The Kier molecular flexibility index (Phi) is 6.06. The Balaban J connectivity index is 1.07. The molecule has 2 aromatic carbocycles. The minimum atomic E-state index is -0.0116. The topological polar surface area (TPSA) is 65.5 Å². The van der Waals surface area contributed by atoms with Crippen molar-refractivity contribution in [2.45, 2.75) is 18.5 Å². The first-order chi connectivity index (χ1) is 17.1. The number of nitrogens with one attached hydrogen (secondary N) is 1. The molecule has 0 aliphatic carbocycles. The molecule has 4 heterocycles. The third-order valence-electron chi connectivity index (χ3n) is 6.66. The molecular weight excluding hydrogens is 500 g/mol. The van der Waals surface area contributed by atoms with E-state index in [-0.39, 0.29) is 23.9 Å². The van der Waals surface area contributed by atoms with E-state index in [0.29, 0.717) is 34.5 Å². The molecule has 0 saturated carbocycles. The average molecular weight is 523 g/mol. The van der Waals surface area contributed by atoms with E-state index < -0.39 is 0 Å². The zero-order chi connectivity index (χ0) is 23.9. The molecule has 2 aliphatic heterocycles. The van der Waals surface area contributed by atoms with Crippen molar-refractivity contribution < 1.29 is 9.59 Å². The molecule has 2 fully saturated rings. The number of fused-ring (bicyclic) bond motifs is 1. The molecule has 2 saturated heterocycles. The molecule has 6 rings (SSSR count). The van der Waals surface area contributed by atoms with Crippen LogP contribution in [-0.2, 0) is 0 Å². The zero-order valence-corrected chi connectivity index (χ0v) is 21.2. The summed E-state index contributed by atoms with van der Waals surface area (Å²) in [7, 11) is 0. The summed E-state index contributed by atoms with van der Waals surface area (Å²) in [5.74, 6) is -0.00736. The molecule has 9 heteroatoms. The molecule has 6 nitrogen and oxygen atoms in total. The molecule has 2 aromatic heterocycles. The van der Waals surface area contributed by atoms with Crippen LogP contribution >= 0.6 is 34.3 Å². The average Bonchev–Trinajstić information content (AvgIpc) is 3.62. The SMILES string of the molecule is O=C(c1nccs1)N1CC[C@H](NC2CN(C(=O)c3sc4cc(-c5ccccc5)ccc4c3Cl)C2)C1. The van der Waals surface area contributed by atoms with Crippen molar-refractivity contribution in [1.82, 2.24) is 20.1 Å². The van der Waals surface area contributed by atoms with E-state index in [1.165, 1.54) is 22.7 Å². The second-order valence-electron chi connectivity index (χ2n) is 8.97. The summed E-state index contributed by atoms with van der Waals surface area (Å²) in [6.45, 7) is 2.70. The molecule has 2 aliphatic rings. The van der Waals surface area contributed by atoms with Gasteiger partial charge in [0.05, 0.1) is 5.02 Å². The summed E-state index contributed by atoms with van der Waals surface area (Å²) in [5.41, 5.74) is 2.25. The fraction of sp³-hybridized carbons (Fsp3) is 0.269. The van der Waals surface area contributed by atoms with Gasteiger partial charge in [-0.25, -0.2) is 4.98 Å². The maximum atomic E-state index is 13.2. The number of nitrogens with zero attached hydrogens (tertiary/aromatic N) is 3. The van der Waals surface area contributed by atoms with Gasteiger partial charge in [0.1, 0.15) is 4.88 Å². The highest BCUT2D eigenvalue weighted by atomic mass is 35.5. The number of thiophene rings is 1. The van der Waals surface area contributed by atoms with Gasteiger partial charge in [0.15, 0.2) is 5.01 Å². The second-order valence-corrected chi connectivity index (χ2v) is 11.3. The zero-order valence-electron chi connectivity index (χ0n) is 18.8. The van der Waals surface area contributed by atoms with Crippen molar-refractivity contribution in [2.75, 3.05) is 26.2 Å². The predicted octanol–water partition coefficient (Wildman–Crippen LogP) is 5.01. The number of carbonyl (C=O) groups excluding carboxylic acids is 2. The van der Waals surface area contributed by atoms with Gasteiger partial charge in [-0.15, -0.1) is 22.7 Å². The third-order valence-corrected chi connectivity index (χ3v) is 9.07. The van der Waals surface area contributed by atoms with Crippen LogP contribution in [0, 0.1) is 0 Å². The lowest BCUT2D eigenvalue weighted by Crippen LogP contribution is -2.62. The molecule has 4 aromatic rings.